The van der Waals surface area contributed by atoms with Crippen LogP contribution in [0.2, 0.25) is 0 Å². The molecule has 22 heavy (non-hydrogen) atoms. The molecular weight excluding hydrogens is 284 g/mol. The standard InChI is InChI=1S/C15H22N4O3/c1-4-18(5-2)10-6-9-17(3)15-16-13-11-12(19(20)21)7-8-14(13)22-15/h7-8,11H,4-6,9-10H2,1-3H3. The average Bonchev–Trinajstić information content (AvgIpc) is 2.94. The van der Waals surface area contributed by atoms with E-state index in [1.165, 1.54) is 12.1 Å². The third kappa shape index (κ3) is 3.73. The van der Waals surface area contributed by atoms with Crippen molar-refractivity contribution in [1.82, 2.24) is 9.88 Å². The zero-order valence-electron chi connectivity index (χ0n) is 13.3. The molecule has 1 heterocycles. The van der Waals surface area contributed by atoms with Gasteiger partial charge in [0.1, 0.15) is 5.52 Å². The van der Waals surface area contributed by atoms with Crippen molar-refractivity contribution in [3.8, 4) is 0 Å². The second kappa shape index (κ2) is 7.22. The van der Waals surface area contributed by atoms with E-state index in [-0.39, 0.29) is 5.69 Å². The molecule has 2 aromatic rings. The molecule has 0 unspecified atom stereocenters. The van der Waals surface area contributed by atoms with Crippen molar-refractivity contribution in [2.24, 2.45) is 0 Å². The minimum atomic E-state index is -0.429. The van der Waals surface area contributed by atoms with E-state index >= 15 is 0 Å². The van der Waals surface area contributed by atoms with Crippen LogP contribution < -0.4 is 4.90 Å². The number of non-ortho nitro benzene ring substituents is 1. The Morgan fingerprint density at radius 2 is 2.00 bits per heavy atom. The van der Waals surface area contributed by atoms with Gasteiger partial charge in [0, 0.05) is 25.7 Å². The first-order chi connectivity index (χ1) is 10.5. The summed E-state index contributed by atoms with van der Waals surface area (Å²) in [6.45, 7) is 8.26. The van der Waals surface area contributed by atoms with Crippen molar-refractivity contribution in [3.63, 3.8) is 0 Å². The largest absolute Gasteiger partial charge is 0.423 e. The van der Waals surface area contributed by atoms with Crippen molar-refractivity contribution >= 4 is 22.8 Å². The predicted octanol–water partition coefficient (Wildman–Crippen LogP) is 2.90. The smallest absolute Gasteiger partial charge is 0.298 e. The van der Waals surface area contributed by atoms with E-state index in [9.17, 15) is 10.1 Å². The fourth-order valence-electron chi connectivity index (χ4n) is 2.35. The maximum Gasteiger partial charge on any atom is 0.298 e. The molecular formula is C15H22N4O3. The third-order valence-corrected chi connectivity index (χ3v) is 3.76. The van der Waals surface area contributed by atoms with Gasteiger partial charge in [-0.3, -0.25) is 10.1 Å². The Morgan fingerprint density at radius 3 is 2.64 bits per heavy atom. The molecule has 0 aliphatic heterocycles. The van der Waals surface area contributed by atoms with Gasteiger partial charge in [-0.15, -0.1) is 0 Å². The molecule has 0 N–H and O–H groups in total. The minimum absolute atomic E-state index is 0.0246. The number of nitro groups is 1. The molecule has 0 atom stereocenters. The lowest BCUT2D eigenvalue weighted by Gasteiger charge is -2.20. The highest BCUT2D eigenvalue weighted by Crippen LogP contribution is 2.25. The van der Waals surface area contributed by atoms with Crippen LogP contribution >= 0.6 is 0 Å². The molecule has 0 amide bonds. The van der Waals surface area contributed by atoms with Gasteiger partial charge in [-0.1, -0.05) is 13.8 Å². The number of nitrogens with zero attached hydrogens (tertiary/aromatic N) is 4. The van der Waals surface area contributed by atoms with E-state index in [1.54, 1.807) is 6.07 Å². The topological polar surface area (TPSA) is 75.7 Å². The SMILES string of the molecule is CCN(CC)CCCN(C)c1nc2cc([N+](=O)[O-])ccc2o1. The summed E-state index contributed by atoms with van der Waals surface area (Å²) in [7, 11) is 1.92. The molecule has 0 radical (unpaired) electrons. The van der Waals surface area contributed by atoms with E-state index in [2.05, 4.69) is 23.7 Å². The lowest BCUT2D eigenvalue weighted by Crippen LogP contribution is -2.28. The molecule has 0 spiro atoms. The number of rotatable bonds is 8. The lowest BCUT2D eigenvalue weighted by atomic mass is 10.3. The number of hydrogen-bond acceptors (Lipinski definition) is 6. The molecule has 120 valence electrons. The summed E-state index contributed by atoms with van der Waals surface area (Å²) < 4.78 is 5.65. The van der Waals surface area contributed by atoms with Crippen LogP contribution in [-0.4, -0.2) is 48.0 Å². The molecule has 7 nitrogen and oxygen atoms in total. The first-order valence-corrected chi connectivity index (χ1v) is 7.53. The van der Waals surface area contributed by atoms with Crippen molar-refractivity contribution in [2.45, 2.75) is 20.3 Å². The number of anilines is 1. The molecule has 0 saturated carbocycles. The van der Waals surface area contributed by atoms with E-state index in [0.717, 1.165) is 32.6 Å². The van der Waals surface area contributed by atoms with Gasteiger partial charge in [0.15, 0.2) is 5.58 Å². The molecule has 0 aliphatic rings. The number of hydrogen-bond donors (Lipinski definition) is 0. The fourth-order valence-corrected chi connectivity index (χ4v) is 2.35. The van der Waals surface area contributed by atoms with Gasteiger partial charge in [0.25, 0.3) is 11.7 Å². The number of benzene rings is 1. The summed E-state index contributed by atoms with van der Waals surface area (Å²) in [4.78, 5) is 19.0. The summed E-state index contributed by atoms with van der Waals surface area (Å²) >= 11 is 0. The van der Waals surface area contributed by atoms with Crippen LogP contribution in [0.4, 0.5) is 11.7 Å². The Hall–Kier alpha value is -2.15. The van der Waals surface area contributed by atoms with Crippen LogP contribution in [-0.2, 0) is 0 Å². The highest BCUT2D eigenvalue weighted by Gasteiger charge is 2.14. The van der Waals surface area contributed by atoms with Crippen LogP contribution in [0, 0.1) is 10.1 Å². The van der Waals surface area contributed by atoms with Gasteiger partial charge in [-0.2, -0.15) is 4.98 Å². The Labute approximate surface area is 129 Å². The van der Waals surface area contributed by atoms with Crippen molar-refractivity contribution in [3.05, 3.63) is 28.3 Å². The van der Waals surface area contributed by atoms with Gasteiger partial charge in [0.05, 0.1) is 4.92 Å². The number of fused-ring (bicyclic) bond motifs is 1. The molecule has 2 rings (SSSR count). The maximum atomic E-state index is 10.8. The fraction of sp³-hybridized carbons (Fsp3) is 0.533. The van der Waals surface area contributed by atoms with Gasteiger partial charge < -0.3 is 14.2 Å². The summed E-state index contributed by atoms with van der Waals surface area (Å²) in [6, 6.07) is 4.95. The quantitative estimate of drug-likeness (QED) is 0.551. The van der Waals surface area contributed by atoms with Crippen LogP contribution in [0.5, 0.6) is 0 Å². The monoisotopic (exact) mass is 306 g/mol. The predicted molar refractivity (Wildman–Crippen MR) is 86.3 cm³/mol. The highest BCUT2D eigenvalue weighted by atomic mass is 16.6. The van der Waals surface area contributed by atoms with Gasteiger partial charge in [0.2, 0.25) is 0 Å². The van der Waals surface area contributed by atoms with Crippen LogP contribution in [0.25, 0.3) is 11.1 Å². The second-order valence-electron chi connectivity index (χ2n) is 5.21. The average molecular weight is 306 g/mol. The molecule has 1 aromatic carbocycles. The zero-order chi connectivity index (χ0) is 16.1. The van der Waals surface area contributed by atoms with E-state index in [4.69, 9.17) is 4.42 Å². The van der Waals surface area contributed by atoms with Crippen LogP contribution in [0.1, 0.15) is 20.3 Å². The van der Waals surface area contributed by atoms with Crippen LogP contribution in [0.15, 0.2) is 22.6 Å². The normalized spacial score (nSPS) is 11.3. The Bertz CT molecular complexity index is 637. The first kappa shape index (κ1) is 16.2. The summed E-state index contributed by atoms with van der Waals surface area (Å²) in [5.41, 5.74) is 1.10. The van der Waals surface area contributed by atoms with Gasteiger partial charge >= 0.3 is 0 Å². The second-order valence-corrected chi connectivity index (χ2v) is 5.21. The summed E-state index contributed by atoms with van der Waals surface area (Å²) in [6.07, 6.45) is 1.01. The van der Waals surface area contributed by atoms with E-state index in [0.29, 0.717) is 17.1 Å². The molecule has 0 fully saturated rings. The van der Waals surface area contributed by atoms with Gasteiger partial charge in [-0.25, -0.2) is 0 Å². The number of nitro benzene ring substituents is 1. The third-order valence-electron chi connectivity index (χ3n) is 3.76. The Kier molecular flexibility index (Phi) is 5.32. The first-order valence-electron chi connectivity index (χ1n) is 7.53. The minimum Gasteiger partial charge on any atom is -0.423 e. The van der Waals surface area contributed by atoms with Crippen molar-refractivity contribution < 1.29 is 9.34 Å². The molecule has 0 aliphatic carbocycles. The molecule has 7 heteroatoms. The molecule has 0 saturated heterocycles. The number of aromatic nitrogens is 1. The summed E-state index contributed by atoms with van der Waals surface area (Å²) in [5, 5.41) is 10.8. The molecule has 1 aromatic heterocycles. The van der Waals surface area contributed by atoms with Crippen molar-refractivity contribution in [2.75, 3.05) is 38.1 Å². The number of oxazole rings is 1. The summed E-state index contributed by atoms with van der Waals surface area (Å²) in [5.74, 6) is 0. The zero-order valence-corrected chi connectivity index (χ0v) is 13.3. The van der Waals surface area contributed by atoms with E-state index in [1.807, 2.05) is 11.9 Å². The Morgan fingerprint density at radius 1 is 1.27 bits per heavy atom. The van der Waals surface area contributed by atoms with Gasteiger partial charge in [-0.05, 0) is 32.1 Å². The van der Waals surface area contributed by atoms with E-state index < -0.39 is 4.92 Å². The lowest BCUT2D eigenvalue weighted by molar-refractivity contribution is -0.384. The van der Waals surface area contributed by atoms with Crippen molar-refractivity contribution in [1.29, 1.82) is 0 Å². The highest BCUT2D eigenvalue weighted by molar-refractivity contribution is 5.77. The molecule has 0 bridgehead atoms. The maximum absolute atomic E-state index is 10.8. The van der Waals surface area contributed by atoms with Crippen LogP contribution in [0.3, 0.4) is 0 Å². The Balaban J connectivity index is 2.02.